The molecule has 2 N–H and O–H groups in total. The van der Waals surface area contributed by atoms with Crippen molar-refractivity contribution in [3.05, 3.63) is 48.0 Å². The number of benzene rings is 2. The van der Waals surface area contributed by atoms with E-state index in [2.05, 4.69) is 15.3 Å². The maximum Gasteiger partial charge on any atom is 0.418 e. The first-order valence-corrected chi connectivity index (χ1v) is 6.95. The summed E-state index contributed by atoms with van der Waals surface area (Å²) < 4.78 is 57.5. The van der Waals surface area contributed by atoms with Gasteiger partial charge in [-0.05, 0) is 24.3 Å². The van der Waals surface area contributed by atoms with Gasteiger partial charge < -0.3 is 15.2 Å². The Labute approximate surface area is 138 Å². The van der Waals surface area contributed by atoms with Gasteiger partial charge >= 0.3 is 6.18 Å². The standard InChI is InChI=1S/C16H11F4N3O2/c1-25-14-6-12-9(5-13(14)24)15(22-7-21-12)23-11-3-2-8(17)4-10(11)16(18,19)20/h2-7,24H,1H3,(H,21,22,23). The molecule has 0 amide bonds. The topological polar surface area (TPSA) is 67.3 Å². The number of alkyl halides is 3. The first-order chi connectivity index (χ1) is 11.8. The van der Waals surface area contributed by atoms with Crippen molar-refractivity contribution in [1.29, 1.82) is 0 Å². The summed E-state index contributed by atoms with van der Waals surface area (Å²) in [4.78, 5) is 7.90. The van der Waals surface area contributed by atoms with Crippen LogP contribution in [0.15, 0.2) is 36.7 Å². The summed E-state index contributed by atoms with van der Waals surface area (Å²) >= 11 is 0. The van der Waals surface area contributed by atoms with Crippen molar-refractivity contribution in [1.82, 2.24) is 9.97 Å². The van der Waals surface area contributed by atoms with Crippen molar-refractivity contribution in [3.63, 3.8) is 0 Å². The zero-order valence-corrected chi connectivity index (χ0v) is 12.7. The number of hydrogen-bond donors (Lipinski definition) is 2. The summed E-state index contributed by atoms with van der Waals surface area (Å²) in [6.45, 7) is 0. The quantitative estimate of drug-likeness (QED) is 0.689. The fourth-order valence-corrected chi connectivity index (χ4v) is 2.32. The molecule has 0 atom stereocenters. The number of fused-ring (bicyclic) bond motifs is 1. The highest BCUT2D eigenvalue weighted by atomic mass is 19.4. The smallest absolute Gasteiger partial charge is 0.418 e. The number of phenols is 1. The molecule has 3 rings (SSSR count). The molecule has 5 nitrogen and oxygen atoms in total. The van der Waals surface area contributed by atoms with Crippen molar-refractivity contribution in [2.24, 2.45) is 0 Å². The third-order valence-corrected chi connectivity index (χ3v) is 3.48. The van der Waals surface area contributed by atoms with Crippen LogP contribution in [0.2, 0.25) is 0 Å². The third-order valence-electron chi connectivity index (χ3n) is 3.48. The van der Waals surface area contributed by atoms with Crippen LogP contribution in [-0.4, -0.2) is 22.2 Å². The van der Waals surface area contributed by atoms with Crippen LogP contribution in [-0.2, 0) is 6.18 Å². The monoisotopic (exact) mass is 353 g/mol. The summed E-state index contributed by atoms with van der Waals surface area (Å²) in [5.74, 6) is -1.04. The van der Waals surface area contributed by atoms with Crippen LogP contribution < -0.4 is 10.1 Å². The number of methoxy groups -OCH3 is 1. The number of rotatable bonds is 3. The zero-order valence-electron chi connectivity index (χ0n) is 12.7. The fraction of sp³-hybridized carbons (Fsp3) is 0.125. The number of ether oxygens (including phenoxy) is 1. The lowest BCUT2D eigenvalue weighted by molar-refractivity contribution is -0.137. The van der Waals surface area contributed by atoms with Gasteiger partial charge in [-0.2, -0.15) is 13.2 Å². The number of hydrogen-bond acceptors (Lipinski definition) is 5. The molecule has 130 valence electrons. The molecule has 0 aliphatic heterocycles. The Morgan fingerprint density at radius 1 is 1.12 bits per heavy atom. The summed E-state index contributed by atoms with van der Waals surface area (Å²) in [6.07, 6.45) is -3.60. The summed E-state index contributed by atoms with van der Waals surface area (Å²) in [6, 6.07) is 4.96. The molecular formula is C16H11F4N3O2. The van der Waals surface area contributed by atoms with E-state index in [1.807, 2.05) is 0 Å². The van der Waals surface area contributed by atoms with E-state index < -0.39 is 17.6 Å². The molecule has 9 heteroatoms. The zero-order chi connectivity index (χ0) is 18.2. The molecule has 0 fully saturated rings. The first-order valence-electron chi connectivity index (χ1n) is 6.95. The lowest BCUT2D eigenvalue weighted by atomic mass is 10.1. The Morgan fingerprint density at radius 3 is 2.56 bits per heavy atom. The highest BCUT2D eigenvalue weighted by Crippen LogP contribution is 2.38. The minimum atomic E-state index is -4.75. The summed E-state index contributed by atoms with van der Waals surface area (Å²) in [5.41, 5.74) is -1.19. The molecular weight excluding hydrogens is 342 g/mol. The highest BCUT2D eigenvalue weighted by molar-refractivity contribution is 5.93. The lowest BCUT2D eigenvalue weighted by Crippen LogP contribution is -2.10. The lowest BCUT2D eigenvalue weighted by Gasteiger charge is -2.15. The highest BCUT2D eigenvalue weighted by Gasteiger charge is 2.34. The predicted octanol–water partition coefficient (Wildman–Crippen LogP) is 4.25. The predicted molar refractivity (Wildman–Crippen MR) is 82.4 cm³/mol. The second-order valence-corrected chi connectivity index (χ2v) is 5.08. The number of halogens is 4. The van der Waals surface area contributed by atoms with Gasteiger partial charge in [0.05, 0.1) is 23.9 Å². The Hall–Kier alpha value is -3.10. The van der Waals surface area contributed by atoms with E-state index in [4.69, 9.17) is 4.74 Å². The second-order valence-electron chi connectivity index (χ2n) is 5.08. The number of anilines is 2. The van der Waals surface area contributed by atoms with Crippen LogP contribution in [0.1, 0.15) is 5.56 Å². The largest absolute Gasteiger partial charge is 0.504 e. The molecule has 0 saturated carbocycles. The molecule has 0 saturated heterocycles. The molecule has 0 radical (unpaired) electrons. The van der Waals surface area contributed by atoms with Crippen molar-refractivity contribution in [2.45, 2.75) is 6.18 Å². The van der Waals surface area contributed by atoms with Gasteiger partial charge in [0.2, 0.25) is 0 Å². The Bertz CT molecular complexity index is 945. The van der Waals surface area contributed by atoms with E-state index in [0.717, 1.165) is 18.5 Å². The fourth-order valence-electron chi connectivity index (χ4n) is 2.32. The molecule has 0 spiro atoms. The van der Waals surface area contributed by atoms with Gasteiger partial charge in [-0.1, -0.05) is 0 Å². The average Bonchev–Trinajstić information content (AvgIpc) is 2.55. The van der Waals surface area contributed by atoms with E-state index in [1.54, 1.807) is 0 Å². The maximum atomic E-state index is 13.2. The molecule has 0 bridgehead atoms. The van der Waals surface area contributed by atoms with Gasteiger partial charge in [0.25, 0.3) is 0 Å². The molecule has 0 unspecified atom stereocenters. The molecule has 1 aromatic heterocycles. The number of aromatic hydroxyl groups is 1. The van der Waals surface area contributed by atoms with Gasteiger partial charge in [-0.25, -0.2) is 14.4 Å². The van der Waals surface area contributed by atoms with Gasteiger partial charge in [-0.3, -0.25) is 0 Å². The minimum Gasteiger partial charge on any atom is -0.504 e. The molecule has 25 heavy (non-hydrogen) atoms. The van der Waals surface area contributed by atoms with Gasteiger partial charge in [0.1, 0.15) is 18.0 Å². The maximum absolute atomic E-state index is 13.2. The Kier molecular flexibility index (Phi) is 4.07. The van der Waals surface area contributed by atoms with Crippen LogP contribution in [0.25, 0.3) is 10.9 Å². The molecule has 2 aromatic carbocycles. The average molecular weight is 353 g/mol. The Balaban J connectivity index is 2.12. The van der Waals surface area contributed by atoms with Crippen molar-refractivity contribution >= 4 is 22.4 Å². The van der Waals surface area contributed by atoms with Crippen LogP contribution in [0.5, 0.6) is 11.5 Å². The SMILES string of the molecule is COc1cc2ncnc(Nc3ccc(F)cc3C(F)(F)F)c2cc1O. The number of nitrogens with zero attached hydrogens (tertiary/aromatic N) is 2. The van der Waals surface area contributed by atoms with Gasteiger partial charge in [0, 0.05) is 11.5 Å². The van der Waals surface area contributed by atoms with E-state index in [0.29, 0.717) is 11.6 Å². The van der Waals surface area contributed by atoms with Crippen LogP contribution in [0.4, 0.5) is 29.1 Å². The van der Waals surface area contributed by atoms with Crippen molar-refractivity contribution in [3.8, 4) is 11.5 Å². The second kappa shape index (κ2) is 6.08. The van der Waals surface area contributed by atoms with E-state index in [-0.39, 0.29) is 28.4 Å². The van der Waals surface area contributed by atoms with Crippen molar-refractivity contribution in [2.75, 3.05) is 12.4 Å². The van der Waals surface area contributed by atoms with Gasteiger partial charge in [-0.15, -0.1) is 0 Å². The minimum absolute atomic E-state index is 0.0278. The van der Waals surface area contributed by atoms with Crippen LogP contribution in [0, 0.1) is 5.82 Å². The molecule has 1 heterocycles. The van der Waals surface area contributed by atoms with Crippen LogP contribution in [0.3, 0.4) is 0 Å². The normalized spacial score (nSPS) is 11.6. The van der Waals surface area contributed by atoms with E-state index in [1.165, 1.54) is 19.2 Å². The Morgan fingerprint density at radius 2 is 1.88 bits per heavy atom. The first kappa shape index (κ1) is 16.7. The molecule has 3 aromatic rings. The number of nitrogens with one attached hydrogen (secondary N) is 1. The van der Waals surface area contributed by atoms with Gasteiger partial charge in [0.15, 0.2) is 11.5 Å². The van der Waals surface area contributed by atoms with Crippen LogP contribution >= 0.6 is 0 Å². The molecule has 0 aliphatic carbocycles. The van der Waals surface area contributed by atoms with E-state index >= 15 is 0 Å². The number of phenolic OH excluding ortho intramolecular Hbond substituents is 1. The summed E-state index contributed by atoms with van der Waals surface area (Å²) in [7, 11) is 1.36. The van der Waals surface area contributed by atoms with Crippen molar-refractivity contribution < 1.29 is 27.4 Å². The van der Waals surface area contributed by atoms with E-state index in [9.17, 15) is 22.7 Å². The summed E-state index contributed by atoms with van der Waals surface area (Å²) in [5, 5.41) is 12.7. The molecule has 0 aliphatic rings. The number of aromatic nitrogens is 2. The third kappa shape index (κ3) is 3.25.